The lowest BCUT2D eigenvalue weighted by molar-refractivity contribution is 0.110. The van der Waals surface area contributed by atoms with Gasteiger partial charge in [-0.05, 0) is 56.9 Å². The molecular formula is C14H18O. The topological polar surface area (TPSA) is 20.2 Å². The maximum atomic E-state index is 9.96. The minimum atomic E-state index is -0.696. The molecule has 0 spiro atoms. The Kier molecular flexibility index (Phi) is 3.31. The van der Waals surface area contributed by atoms with E-state index in [1.54, 1.807) is 6.08 Å². The second-order valence-electron chi connectivity index (χ2n) is 4.61. The monoisotopic (exact) mass is 202 g/mol. The smallest absolute Gasteiger partial charge is 0.125 e. The Morgan fingerprint density at radius 2 is 1.73 bits per heavy atom. The van der Waals surface area contributed by atoms with Crippen LogP contribution in [0.25, 0.3) is 0 Å². The molecule has 0 radical (unpaired) electrons. The number of aliphatic hydroxyl groups is 1. The zero-order valence-corrected chi connectivity index (χ0v) is 9.18. The van der Waals surface area contributed by atoms with Gasteiger partial charge in [-0.1, -0.05) is 11.8 Å². The summed E-state index contributed by atoms with van der Waals surface area (Å²) in [6.07, 6.45) is 10.6. The summed E-state index contributed by atoms with van der Waals surface area (Å²) in [5.74, 6) is 5.89. The molecule has 2 rings (SSSR count). The van der Waals surface area contributed by atoms with Crippen LogP contribution in [-0.4, -0.2) is 10.7 Å². The van der Waals surface area contributed by atoms with Crippen molar-refractivity contribution in [1.29, 1.82) is 0 Å². The van der Waals surface area contributed by atoms with Crippen LogP contribution in [0.5, 0.6) is 0 Å². The second-order valence-corrected chi connectivity index (χ2v) is 4.61. The summed E-state index contributed by atoms with van der Waals surface area (Å²) < 4.78 is 0. The largest absolute Gasteiger partial charge is 0.378 e. The van der Waals surface area contributed by atoms with Gasteiger partial charge in [0.15, 0.2) is 0 Å². The molecule has 0 aliphatic heterocycles. The number of hydrogen-bond acceptors (Lipinski definition) is 1. The van der Waals surface area contributed by atoms with Crippen LogP contribution in [-0.2, 0) is 0 Å². The normalized spacial score (nSPS) is 23.1. The highest BCUT2D eigenvalue weighted by molar-refractivity contribution is 5.24. The van der Waals surface area contributed by atoms with E-state index in [1.165, 1.54) is 31.3 Å². The van der Waals surface area contributed by atoms with E-state index < -0.39 is 5.60 Å². The average molecular weight is 202 g/mol. The van der Waals surface area contributed by atoms with Crippen molar-refractivity contribution in [2.45, 2.75) is 57.0 Å². The SMILES string of the molecule is OC1(C#CC=C=C2CCCC2)CCCC1. The van der Waals surface area contributed by atoms with Crippen molar-refractivity contribution in [2.75, 3.05) is 0 Å². The van der Waals surface area contributed by atoms with Crippen molar-refractivity contribution < 1.29 is 5.11 Å². The summed E-state index contributed by atoms with van der Waals surface area (Å²) in [4.78, 5) is 0. The summed E-state index contributed by atoms with van der Waals surface area (Å²) in [5, 5.41) is 9.96. The highest BCUT2D eigenvalue weighted by Gasteiger charge is 2.28. The third-order valence-corrected chi connectivity index (χ3v) is 3.29. The summed E-state index contributed by atoms with van der Waals surface area (Å²) in [6.45, 7) is 0. The molecule has 15 heavy (non-hydrogen) atoms. The highest BCUT2D eigenvalue weighted by atomic mass is 16.3. The fourth-order valence-electron chi connectivity index (χ4n) is 2.34. The van der Waals surface area contributed by atoms with Crippen molar-refractivity contribution in [3.05, 3.63) is 17.4 Å². The number of rotatable bonds is 0. The first-order valence-corrected chi connectivity index (χ1v) is 5.97. The van der Waals surface area contributed by atoms with Gasteiger partial charge in [0, 0.05) is 6.08 Å². The zero-order valence-electron chi connectivity index (χ0n) is 9.18. The Labute approximate surface area is 91.9 Å². The molecule has 0 heterocycles. The van der Waals surface area contributed by atoms with Gasteiger partial charge in [-0.3, -0.25) is 0 Å². The van der Waals surface area contributed by atoms with Gasteiger partial charge >= 0.3 is 0 Å². The minimum Gasteiger partial charge on any atom is -0.378 e. The molecule has 2 fully saturated rings. The fraction of sp³-hybridized carbons (Fsp3) is 0.643. The first kappa shape index (κ1) is 10.6. The molecule has 0 aromatic heterocycles. The Bertz CT molecular complexity index is 333. The fourth-order valence-corrected chi connectivity index (χ4v) is 2.34. The van der Waals surface area contributed by atoms with Crippen LogP contribution in [0.4, 0.5) is 0 Å². The third-order valence-electron chi connectivity index (χ3n) is 3.29. The summed E-state index contributed by atoms with van der Waals surface area (Å²) in [6, 6.07) is 0. The van der Waals surface area contributed by atoms with E-state index in [1.807, 2.05) is 0 Å². The quantitative estimate of drug-likeness (QED) is 0.473. The molecule has 2 saturated carbocycles. The van der Waals surface area contributed by atoms with Crippen LogP contribution in [0.15, 0.2) is 17.4 Å². The van der Waals surface area contributed by atoms with Crippen LogP contribution in [0.1, 0.15) is 51.4 Å². The zero-order chi connectivity index (χ0) is 10.6. The molecule has 0 unspecified atom stereocenters. The molecule has 0 saturated heterocycles. The third kappa shape index (κ3) is 2.99. The number of allylic oxidation sites excluding steroid dienone is 1. The van der Waals surface area contributed by atoms with E-state index >= 15 is 0 Å². The lowest BCUT2D eigenvalue weighted by Gasteiger charge is -2.12. The van der Waals surface area contributed by atoms with Crippen molar-refractivity contribution in [1.82, 2.24) is 0 Å². The molecule has 80 valence electrons. The van der Waals surface area contributed by atoms with Gasteiger partial charge in [0.25, 0.3) is 0 Å². The van der Waals surface area contributed by atoms with Gasteiger partial charge < -0.3 is 5.11 Å². The molecule has 1 heteroatoms. The lowest BCUT2D eigenvalue weighted by Crippen LogP contribution is -2.20. The molecular weight excluding hydrogens is 184 g/mol. The Morgan fingerprint density at radius 1 is 1.07 bits per heavy atom. The predicted octanol–water partition coefficient (Wildman–Crippen LogP) is 2.95. The van der Waals surface area contributed by atoms with Crippen LogP contribution >= 0.6 is 0 Å². The maximum absolute atomic E-state index is 9.96. The van der Waals surface area contributed by atoms with E-state index in [0.29, 0.717) is 0 Å². The van der Waals surface area contributed by atoms with Crippen LogP contribution in [0, 0.1) is 11.8 Å². The highest BCUT2D eigenvalue weighted by Crippen LogP contribution is 2.28. The van der Waals surface area contributed by atoms with Gasteiger partial charge in [0.05, 0.1) is 0 Å². The molecule has 0 atom stereocenters. The number of hydrogen-bond donors (Lipinski definition) is 1. The molecule has 1 nitrogen and oxygen atoms in total. The van der Waals surface area contributed by atoms with Gasteiger partial charge in [-0.2, -0.15) is 0 Å². The first-order valence-electron chi connectivity index (χ1n) is 5.97. The van der Waals surface area contributed by atoms with Gasteiger partial charge in [-0.25, -0.2) is 0 Å². The van der Waals surface area contributed by atoms with E-state index in [9.17, 15) is 5.11 Å². The molecule has 0 amide bonds. The Hall–Kier alpha value is -0.960. The molecule has 0 aromatic rings. The van der Waals surface area contributed by atoms with Crippen molar-refractivity contribution in [3.63, 3.8) is 0 Å². The average Bonchev–Trinajstić information content (AvgIpc) is 2.84. The van der Waals surface area contributed by atoms with E-state index in [4.69, 9.17) is 0 Å². The molecule has 2 aliphatic carbocycles. The van der Waals surface area contributed by atoms with Crippen molar-refractivity contribution >= 4 is 0 Å². The van der Waals surface area contributed by atoms with E-state index in [0.717, 1.165) is 25.7 Å². The standard InChI is InChI=1S/C14H18O/c15-14(11-5-6-12-14)10-4-3-9-13-7-1-2-8-13/h3,15H,1-2,5-8,11-12H2. The lowest BCUT2D eigenvalue weighted by atomic mass is 10.0. The van der Waals surface area contributed by atoms with Crippen LogP contribution in [0.2, 0.25) is 0 Å². The van der Waals surface area contributed by atoms with Crippen LogP contribution in [0.3, 0.4) is 0 Å². The predicted molar refractivity (Wildman–Crippen MR) is 61.3 cm³/mol. The summed E-state index contributed by atoms with van der Waals surface area (Å²) in [5.41, 5.74) is 3.93. The van der Waals surface area contributed by atoms with Gasteiger partial charge in [-0.15, -0.1) is 5.73 Å². The summed E-state index contributed by atoms with van der Waals surface area (Å²) >= 11 is 0. The molecule has 1 N–H and O–H groups in total. The molecule has 2 aliphatic rings. The van der Waals surface area contributed by atoms with Crippen molar-refractivity contribution in [3.8, 4) is 11.8 Å². The Morgan fingerprint density at radius 3 is 2.40 bits per heavy atom. The Balaban J connectivity index is 1.97. The van der Waals surface area contributed by atoms with E-state index in [-0.39, 0.29) is 0 Å². The van der Waals surface area contributed by atoms with Crippen molar-refractivity contribution in [2.24, 2.45) is 0 Å². The first-order chi connectivity index (χ1) is 7.29. The summed E-state index contributed by atoms with van der Waals surface area (Å²) in [7, 11) is 0. The molecule has 0 bridgehead atoms. The van der Waals surface area contributed by atoms with Gasteiger partial charge in [0.2, 0.25) is 0 Å². The van der Waals surface area contributed by atoms with Crippen LogP contribution < -0.4 is 0 Å². The minimum absolute atomic E-state index is 0.696. The second kappa shape index (κ2) is 4.71. The van der Waals surface area contributed by atoms with Gasteiger partial charge in [0.1, 0.15) is 5.60 Å². The maximum Gasteiger partial charge on any atom is 0.125 e. The van der Waals surface area contributed by atoms with E-state index in [2.05, 4.69) is 17.6 Å². The molecule has 0 aromatic carbocycles.